The number of carbonyl (C=O) groups is 1. The lowest BCUT2D eigenvalue weighted by Gasteiger charge is -2.06. The average Bonchev–Trinajstić information content (AvgIpc) is 3.18. The molecule has 4 rings (SSSR count). The molecule has 2 heterocycles. The van der Waals surface area contributed by atoms with Gasteiger partial charge in [0, 0.05) is 11.3 Å². The Hall–Kier alpha value is -3.13. The molecule has 0 spiro atoms. The Morgan fingerprint density at radius 2 is 1.88 bits per heavy atom. The van der Waals surface area contributed by atoms with E-state index >= 15 is 0 Å². The third-order valence-electron chi connectivity index (χ3n) is 3.65. The summed E-state index contributed by atoms with van der Waals surface area (Å²) in [4.78, 5) is 12.9. The summed E-state index contributed by atoms with van der Waals surface area (Å²) in [5.41, 5.74) is 1.49. The maximum Gasteiger partial charge on any atom is 0.258 e. The molecule has 0 bridgehead atoms. The number of carbonyl (C=O) groups excluding carboxylic acids is 1. The molecule has 0 fully saturated rings. The Balaban J connectivity index is 1.55. The first-order chi connectivity index (χ1) is 12.1. The normalized spacial score (nSPS) is 11.0. The largest absolute Gasteiger partial charge is 0.322 e. The Morgan fingerprint density at radius 3 is 2.60 bits per heavy atom. The fraction of sp³-hybridized carbons (Fsp3) is 0.0588. The van der Waals surface area contributed by atoms with Crippen molar-refractivity contribution in [2.75, 3.05) is 5.32 Å². The molecular formula is C17H12FN5OS. The molecule has 0 atom stereocenters. The van der Waals surface area contributed by atoms with Crippen molar-refractivity contribution >= 4 is 27.9 Å². The quantitative estimate of drug-likeness (QED) is 0.611. The second kappa shape index (κ2) is 6.06. The summed E-state index contributed by atoms with van der Waals surface area (Å²) in [6.07, 6.45) is 0. The zero-order valence-electron chi connectivity index (χ0n) is 13.1. The SMILES string of the molecule is Cc1nnc2sc(-c3ccc(NC(=O)c4ccccc4F)cc3)nn12. The monoisotopic (exact) mass is 353 g/mol. The highest BCUT2D eigenvalue weighted by Gasteiger charge is 2.12. The second-order valence-electron chi connectivity index (χ2n) is 5.36. The Bertz CT molecular complexity index is 1070. The topological polar surface area (TPSA) is 72.2 Å². The van der Waals surface area contributed by atoms with E-state index in [0.29, 0.717) is 5.69 Å². The molecule has 0 saturated carbocycles. The second-order valence-corrected chi connectivity index (χ2v) is 6.32. The third kappa shape index (κ3) is 2.87. The van der Waals surface area contributed by atoms with E-state index in [0.717, 1.165) is 21.4 Å². The fourth-order valence-electron chi connectivity index (χ4n) is 2.37. The number of nitrogens with one attached hydrogen (secondary N) is 1. The minimum Gasteiger partial charge on any atom is -0.322 e. The summed E-state index contributed by atoms with van der Waals surface area (Å²) >= 11 is 1.43. The van der Waals surface area contributed by atoms with Crippen molar-refractivity contribution < 1.29 is 9.18 Å². The molecular weight excluding hydrogens is 341 g/mol. The zero-order chi connectivity index (χ0) is 17.4. The van der Waals surface area contributed by atoms with E-state index in [9.17, 15) is 9.18 Å². The van der Waals surface area contributed by atoms with Crippen molar-refractivity contribution in [3.63, 3.8) is 0 Å². The molecule has 4 aromatic rings. The smallest absolute Gasteiger partial charge is 0.258 e. The van der Waals surface area contributed by atoms with Gasteiger partial charge in [0.25, 0.3) is 5.91 Å². The van der Waals surface area contributed by atoms with Gasteiger partial charge in [0.2, 0.25) is 4.96 Å². The first-order valence-electron chi connectivity index (χ1n) is 7.47. The van der Waals surface area contributed by atoms with Crippen molar-refractivity contribution in [1.29, 1.82) is 0 Å². The summed E-state index contributed by atoms with van der Waals surface area (Å²) in [6, 6.07) is 13.1. The van der Waals surface area contributed by atoms with Crippen LogP contribution in [-0.2, 0) is 0 Å². The number of hydrogen-bond donors (Lipinski definition) is 1. The molecule has 124 valence electrons. The fourth-order valence-corrected chi connectivity index (χ4v) is 3.26. The van der Waals surface area contributed by atoms with Gasteiger partial charge in [-0.3, -0.25) is 4.79 Å². The Morgan fingerprint density at radius 1 is 1.12 bits per heavy atom. The van der Waals surface area contributed by atoms with Crippen LogP contribution in [0, 0.1) is 12.7 Å². The lowest BCUT2D eigenvalue weighted by Crippen LogP contribution is -2.13. The van der Waals surface area contributed by atoms with Crippen molar-refractivity contribution in [3.8, 4) is 10.6 Å². The van der Waals surface area contributed by atoms with E-state index in [1.807, 2.05) is 19.1 Å². The molecule has 6 nitrogen and oxygen atoms in total. The van der Waals surface area contributed by atoms with Gasteiger partial charge in [-0.25, -0.2) is 4.39 Å². The van der Waals surface area contributed by atoms with Gasteiger partial charge in [0.15, 0.2) is 5.82 Å². The number of aryl methyl sites for hydroxylation is 1. The van der Waals surface area contributed by atoms with Crippen LogP contribution in [0.5, 0.6) is 0 Å². The summed E-state index contributed by atoms with van der Waals surface area (Å²) in [7, 11) is 0. The van der Waals surface area contributed by atoms with Crippen LogP contribution in [0.25, 0.3) is 15.5 Å². The average molecular weight is 353 g/mol. The number of benzene rings is 2. The highest BCUT2D eigenvalue weighted by molar-refractivity contribution is 7.19. The van der Waals surface area contributed by atoms with Crippen molar-refractivity contribution in [2.24, 2.45) is 0 Å². The number of anilines is 1. The minimum atomic E-state index is -0.549. The molecule has 1 amide bonds. The van der Waals surface area contributed by atoms with Crippen LogP contribution in [0.3, 0.4) is 0 Å². The lowest BCUT2D eigenvalue weighted by molar-refractivity contribution is 0.102. The van der Waals surface area contributed by atoms with Crippen LogP contribution in [-0.4, -0.2) is 25.7 Å². The number of fused-ring (bicyclic) bond motifs is 1. The highest BCUT2D eigenvalue weighted by Crippen LogP contribution is 2.26. The molecule has 8 heteroatoms. The number of hydrogen-bond acceptors (Lipinski definition) is 5. The Labute approximate surface area is 146 Å². The van der Waals surface area contributed by atoms with Gasteiger partial charge in [-0.15, -0.1) is 10.2 Å². The van der Waals surface area contributed by atoms with E-state index in [2.05, 4.69) is 20.6 Å². The molecule has 25 heavy (non-hydrogen) atoms. The molecule has 1 N–H and O–H groups in total. The maximum atomic E-state index is 13.7. The molecule has 0 aliphatic rings. The van der Waals surface area contributed by atoms with E-state index in [1.54, 1.807) is 28.8 Å². The lowest BCUT2D eigenvalue weighted by atomic mass is 10.2. The van der Waals surface area contributed by atoms with Crippen molar-refractivity contribution in [3.05, 3.63) is 65.7 Å². The van der Waals surface area contributed by atoms with Gasteiger partial charge < -0.3 is 5.32 Å². The zero-order valence-corrected chi connectivity index (χ0v) is 13.9. The summed E-state index contributed by atoms with van der Waals surface area (Å²) in [5.74, 6) is -0.307. The number of halogens is 1. The first-order valence-corrected chi connectivity index (χ1v) is 8.28. The van der Waals surface area contributed by atoms with Crippen LogP contribution in [0.4, 0.5) is 10.1 Å². The summed E-state index contributed by atoms with van der Waals surface area (Å²) in [6.45, 7) is 1.84. The molecule has 2 aromatic carbocycles. The van der Waals surface area contributed by atoms with Crippen LogP contribution in [0.15, 0.2) is 48.5 Å². The van der Waals surface area contributed by atoms with Gasteiger partial charge in [0.05, 0.1) is 5.56 Å². The van der Waals surface area contributed by atoms with Crippen LogP contribution in [0.1, 0.15) is 16.2 Å². The number of aromatic nitrogens is 4. The van der Waals surface area contributed by atoms with Crippen LogP contribution in [0.2, 0.25) is 0 Å². The summed E-state index contributed by atoms with van der Waals surface area (Å²) in [5, 5.41) is 16.0. The first kappa shape index (κ1) is 15.4. The van der Waals surface area contributed by atoms with Gasteiger partial charge in [-0.1, -0.05) is 23.5 Å². The molecule has 0 aliphatic heterocycles. The minimum absolute atomic E-state index is 0.00991. The number of rotatable bonds is 3. The molecule has 0 unspecified atom stereocenters. The molecule has 0 saturated heterocycles. The maximum absolute atomic E-state index is 13.7. The van der Waals surface area contributed by atoms with Gasteiger partial charge in [-0.05, 0) is 43.3 Å². The summed E-state index contributed by atoms with van der Waals surface area (Å²) < 4.78 is 15.3. The van der Waals surface area contributed by atoms with Gasteiger partial charge in [-0.2, -0.15) is 9.61 Å². The molecule has 0 radical (unpaired) electrons. The predicted octanol–water partition coefficient (Wildman–Crippen LogP) is 3.55. The van der Waals surface area contributed by atoms with E-state index in [-0.39, 0.29) is 5.56 Å². The predicted molar refractivity (Wildman–Crippen MR) is 93.2 cm³/mol. The molecule has 2 aromatic heterocycles. The van der Waals surface area contributed by atoms with Crippen molar-refractivity contribution in [2.45, 2.75) is 6.92 Å². The van der Waals surface area contributed by atoms with Gasteiger partial charge in [0.1, 0.15) is 10.8 Å². The van der Waals surface area contributed by atoms with Crippen LogP contribution < -0.4 is 5.32 Å². The Kier molecular flexibility index (Phi) is 3.73. The van der Waals surface area contributed by atoms with Crippen molar-refractivity contribution in [1.82, 2.24) is 19.8 Å². The van der Waals surface area contributed by atoms with E-state index in [4.69, 9.17) is 0 Å². The van der Waals surface area contributed by atoms with E-state index < -0.39 is 11.7 Å². The number of amides is 1. The molecule has 0 aliphatic carbocycles. The number of nitrogens with zero attached hydrogens (tertiary/aromatic N) is 4. The van der Waals surface area contributed by atoms with E-state index in [1.165, 1.54) is 23.5 Å². The highest BCUT2D eigenvalue weighted by atomic mass is 32.1. The van der Waals surface area contributed by atoms with Crippen LogP contribution >= 0.6 is 11.3 Å². The standard InChI is InChI=1S/C17H12FN5OS/c1-10-20-21-17-23(10)22-16(25-17)11-6-8-12(9-7-11)19-15(24)13-4-2-3-5-14(13)18/h2-9H,1H3,(H,19,24). The van der Waals surface area contributed by atoms with Gasteiger partial charge >= 0.3 is 0 Å². The third-order valence-corrected chi connectivity index (χ3v) is 4.60.